The topological polar surface area (TPSA) is 94.6 Å². The SMILES string of the molecule is Cc1[nH]c2c(C(=O)Nc3ccc(S(=O)(=O)/N=C4/CCCN4C)cc3)cccc2c1C. The third kappa shape index (κ3) is 3.70. The number of likely N-dealkylation sites (tertiary alicyclic amines) is 1. The zero-order valence-electron chi connectivity index (χ0n) is 17.2. The number of hydrogen-bond donors (Lipinski definition) is 2. The summed E-state index contributed by atoms with van der Waals surface area (Å²) < 4.78 is 29.1. The average molecular weight is 425 g/mol. The summed E-state index contributed by atoms with van der Waals surface area (Å²) in [7, 11) is -1.94. The lowest BCUT2D eigenvalue weighted by Crippen LogP contribution is -2.20. The van der Waals surface area contributed by atoms with Crippen LogP contribution < -0.4 is 5.32 Å². The number of amidine groups is 1. The molecule has 156 valence electrons. The van der Waals surface area contributed by atoms with Gasteiger partial charge in [-0.25, -0.2) is 0 Å². The van der Waals surface area contributed by atoms with Crippen molar-refractivity contribution in [3.63, 3.8) is 0 Å². The quantitative estimate of drug-likeness (QED) is 0.665. The van der Waals surface area contributed by atoms with E-state index in [1.165, 1.54) is 12.1 Å². The zero-order chi connectivity index (χ0) is 21.5. The first-order chi connectivity index (χ1) is 14.3. The number of nitrogens with one attached hydrogen (secondary N) is 2. The van der Waals surface area contributed by atoms with Crippen LogP contribution in [0.3, 0.4) is 0 Å². The molecule has 8 heteroatoms. The number of para-hydroxylation sites is 1. The van der Waals surface area contributed by atoms with Crippen LogP contribution in [0.25, 0.3) is 10.9 Å². The van der Waals surface area contributed by atoms with Crippen LogP contribution in [0.2, 0.25) is 0 Å². The lowest BCUT2D eigenvalue weighted by molar-refractivity contribution is 0.102. The van der Waals surface area contributed by atoms with Crippen LogP contribution in [-0.2, 0) is 10.0 Å². The van der Waals surface area contributed by atoms with E-state index in [1.807, 2.05) is 37.9 Å². The maximum absolute atomic E-state index is 12.8. The van der Waals surface area contributed by atoms with Crippen LogP contribution in [0.1, 0.15) is 34.5 Å². The number of aromatic nitrogens is 1. The molecule has 0 bridgehead atoms. The van der Waals surface area contributed by atoms with Crippen LogP contribution in [0.15, 0.2) is 51.8 Å². The number of carbonyl (C=O) groups is 1. The van der Waals surface area contributed by atoms with E-state index in [1.54, 1.807) is 18.2 Å². The summed E-state index contributed by atoms with van der Waals surface area (Å²) in [5.41, 5.74) is 3.98. The minimum atomic E-state index is -3.78. The molecule has 0 aliphatic carbocycles. The molecule has 0 spiro atoms. The smallest absolute Gasteiger partial charge is 0.283 e. The Morgan fingerprint density at radius 3 is 2.53 bits per heavy atom. The second-order valence-electron chi connectivity index (χ2n) is 7.59. The van der Waals surface area contributed by atoms with E-state index in [9.17, 15) is 13.2 Å². The van der Waals surface area contributed by atoms with Crippen molar-refractivity contribution in [3.8, 4) is 0 Å². The molecule has 2 N–H and O–H groups in total. The third-order valence-corrected chi connectivity index (χ3v) is 6.88. The summed E-state index contributed by atoms with van der Waals surface area (Å²) in [6.45, 7) is 4.80. The number of rotatable bonds is 4. The third-order valence-electron chi connectivity index (χ3n) is 5.56. The highest BCUT2D eigenvalue weighted by molar-refractivity contribution is 7.90. The van der Waals surface area contributed by atoms with Crippen LogP contribution in [0.5, 0.6) is 0 Å². The molecule has 1 amide bonds. The molecule has 1 fully saturated rings. The first-order valence-corrected chi connectivity index (χ1v) is 11.2. The van der Waals surface area contributed by atoms with Gasteiger partial charge in [-0.05, 0) is 56.2 Å². The molecule has 3 aromatic rings. The van der Waals surface area contributed by atoms with Crippen LogP contribution in [-0.4, -0.2) is 43.6 Å². The second kappa shape index (κ2) is 7.60. The summed E-state index contributed by atoms with van der Waals surface area (Å²) >= 11 is 0. The Hall–Kier alpha value is -3.13. The molecule has 0 atom stereocenters. The van der Waals surface area contributed by atoms with Gasteiger partial charge in [0.05, 0.1) is 16.0 Å². The number of aromatic amines is 1. The zero-order valence-corrected chi connectivity index (χ0v) is 18.0. The number of fused-ring (bicyclic) bond motifs is 1. The van der Waals surface area contributed by atoms with E-state index in [0.717, 1.165) is 35.1 Å². The predicted molar refractivity (Wildman–Crippen MR) is 119 cm³/mol. The van der Waals surface area contributed by atoms with E-state index in [-0.39, 0.29) is 10.8 Å². The molecule has 0 radical (unpaired) electrons. The minimum Gasteiger partial charge on any atom is -0.362 e. The van der Waals surface area contributed by atoms with Crippen LogP contribution >= 0.6 is 0 Å². The van der Waals surface area contributed by atoms with Gasteiger partial charge in [0.2, 0.25) is 0 Å². The van der Waals surface area contributed by atoms with Crippen molar-refractivity contribution in [2.75, 3.05) is 18.9 Å². The first kappa shape index (κ1) is 20.2. The summed E-state index contributed by atoms with van der Waals surface area (Å²) in [4.78, 5) is 18.1. The van der Waals surface area contributed by atoms with E-state index in [0.29, 0.717) is 23.5 Å². The molecule has 30 heavy (non-hydrogen) atoms. The number of H-pyrrole nitrogens is 1. The van der Waals surface area contributed by atoms with Gasteiger partial charge in [0.25, 0.3) is 15.9 Å². The van der Waals surface area contributed by atoms with Gasteiger partial charge in [-0.3, -0.25) is 4.79 Å². The maximum atomic E-state index is 12.8. The molecule has 1 saturated heterocycles. The predicted octanol–water partition coefficient (Wildman–Crippen LogP) is 3.85. The van der Waals surface area contributed by atoms with Gasteiger partial charge in [-0.15, -0.1) is 4.40 Å². The highest BCUT2D eigenvalue weighted by Gasteiger charge is 2.20. The van der Waals surface area contributed by atoms with Gasteiger partial charge in [0, 0.05) is 36.8 Å². The fourth-order valence-corrected chi connectivity index (χ4v) is 4.78. The van der Waals surface area contributed by atoms with Crippen molar-refractivity contribution in [2.45, 2.75) is 31.6 Å². The lowest BCUT2D eigenvalue weighted by atomic mass is 10.1. The Labute approximate surface area is 175 Å². The Morgan fingerprint density at radius 2 is 1.87 bits per heavy atom. The molecule has 4 rings (SSSR count). The lowest BCUT2D eigenvalue weighted by Gasteiger charge is -2.11. The van der Waals surface area contributed by atoms with Crippen LogP contribution in [0, 0.1) is 13.8 Å². The van der Waals surface area contributed by atoms with Crippen molar-refractivity contribution in [1.29, 1.82) is 0 Å². The van der Waals surface area contributed by atoms with Crippen molar-refractivity contribution in [3.05, 3.63) is 59.3 Å². The van der Waals surface area contributed by atoms with Gasteiger partial charge >= 0.3 is 0 Å². The maximum Gasteiger partial charge on any atom is 0.283 e. The molecule has 7 nitrogen and oxygen atoms in total. The molecule has 1 aromatic heterocycles. The Morgan fingerprint density at radius 1 is 1.13 bits per heavy atom. The van der Waals surface area contributed by atoms with Crippen molar-refractivity contribution >= 4 is 38.4 Å². The standard InChI is InChI=1S/C22H24N4O3S/c1-14-15(2)23-21-18(14)6-4-7-19(21)22(27)24-16-9-11-17(12-10-16)30(28,29)25-20-8-5-13-26(20)3/h4,6-7,9-12,23H,5,8,13H2,1-3H3,(H,24,27)/b25-20-. The molecule has 0 saturated carbocycles. The molecule has 2 aromatic carbocycles. The Balaban J connectivity index is 1.56. The number of nitrogens with zero attached hydrogens (tertiary/aromatic N) is 2. The Kier molecular flexibility index (Phi) is 5.11. The van der Waals surface area contributed by atoms with Crippen molar-refractivity contribution in [2.24, 2.45) is 4.40 Å². The molecule has 0 unspecified atom stereocenters. The summed E-state index contributed by atoms with van der Waals surface area (Å²) in [6, 6.07) is 11.7. The molecular formula is C22H24N4O3S. The largest absolute Gasteiger partial charge is 0.362 e. The van der Waals surface area contributed by atoms with E-state index in [2.05, 4.69) is 14.7 Å². The van der Waals surface area contributed by atoms with E-state index >= 15 is 0 Å². The fraction of sp³-hybridized carbons (Fsp3) is 0.273. The number of carbonyl (C=O) groups excluding carboxylic acids is 1. The number of hydrogen-bond acceptors (Lipinski definition) is 3. The van der Waals surface area contributed by atoms with Gasteiger partial charge in [-0.1, -0.05) is 12.1 Å². The average Bonchev–Trinajstić information content (AvgIpc) is 3.24. The molecule has 1 aliphatic rings. The fourth-order valence-electron chi connectivity index (χ4n) is 3.68. The molecule has 1 aliphatic heterocycles. The molecule has 2 heterocycles. The van der Waals surface area contributed by atoms with Gasteiger partial charge in [0.1, 0.15) is 5.84 Å². The highest BCUT2D eigenvalue weighted by atomic mass is 32.2. The highest BCUT2D eigenvalue weighted by Crippen LogP contribution is 2.25. The molecular weight excluding hydrogens is 400 g/mol. The summed E-state index contributed by atoms with van der Waals surface area (Å²) in [5.74, 6) is 0.322. The van der Waals surface area contributed by atoms with Gasteiger partial charge in [-0.2, -0.15) is 8.42 Å². The number of aryl methyl sites for hydroxylation is 2. The number of benzene rings is 2. The second-order valence-corrected chi connectivity index (χ2v) is 9.19. The van der Waals surface area contributed by atoms with Gasteiger partial charge < -0.3 is 15.2 Å². The van der Waals surface area contributed by atoms with Gasteiger partial charge in [0.15, 0.2) is 0 Å². The van der Waals surface area contributed by atoms with Crippen LogP contribution in [0.4, 0.5) is 5.69 Å². The van der Waals surface area contributed by atoms with Crippen molar-refractivity contribution < 1.29 is 13.2 Å². The van der Waals surface area contributed by atoms with Crippen molar-refractivity contribution in [1.82, 2.24) is 9.88 Å². The number of anilines is 1. The number of amides is 1. The summed E-state index contributed by atoms with van der Waals surface area (Å²) in [6.07, 6.45) is 1.57. The minimum absolute atomic E-state index is 0.103. The first-order valence-electron chi connectivity index (χ1n) is 9.80. The van der Waals surface area contributed by atoms with E-state index < -0.39 is 10.0 Å². The number of sulfonamides is 1. The Bertz CT molecular complexity index is 1260. The normalized spacial score (nSPS) is 15.8. The summed E-state index contributed by atoms with van der Waals surface area (Å²) in [5, 5.41) is 3.85. The monoisotopic (exact) mass is 424 g/mol. The van der Waals surface area contributed by atoms with E-state index in [4.69, 9.17) is 0 Å².